The standard InChI is InChI=1S/C20H22F2N2O3/c1-3-17(25)10-16-9-14(7-8-23-16)20(26)24-11-15-5-4-6-18(13(15)2)27-12-19(21)22/h4-9,19H,3,10-12H2,1-2H3,(H,24,26). The fourth-order valence-electron chi connectivity index (χ4n) is 2.48. The number of pyridine rings is 1. The molecule has 0 unspecified atom stereocenters. The lowest BCUT2D eigenvalue weighted by Gasteiger charge is -2.13. The molecule has 0 aliphatic rings. The van der Waals surface area contributed by atoms with E-state index in [0.717, 1.165) is 5.56 Å². The first-order valence-electron chi connectivity index (χ1n) is 8.65. The van der Waals surface area contributed by atoms with E-state index in [1.54, 1.807) is 44.2 Å². The van der Waals surface area contributed by atoms with Crippen LogP contribution in [0, 0.1) is 6.92 Å². The van der Waals surface area contributed by atoms with E-state index in [2.05, 4.69) is 10.3 Å². The minimum atomic E-state index is -2.55. The van der Waals surface area contributed by atoms with Crippen LogP contribution in [0.5, 0.6) is 5.75 Å². The van der Waals surface area contributed by atoms with Gasteiger partial charge in [-0.15, -0.1) is 0 Å². The van der Waals surface area contributed by atoms with Gasteiger partial charge in [-0.25, -0.2) is 8.78 Å². The van der Waals surface area contributed by atoms with Gasteiger partial charge in [0.05, 0.1) is 0 Å². The zero-order valence-corrected chi connectivity index (χ0v) is 15.3. The van der Waals surface area contributed by atoms with Gasteiger partial charge < -0.3 is 10.1 Å². The molecule has 0 saturated carbocycles. The lowest BCUT2D eigenvalue weighted by atomic mass is 10.1. The summed E-state index contributed by atoms with van der Waals surface area (Å²) in [5, 5.41) is 2.79. The number of aromatic nitrogens is 1. The van der Waals surface area contributed by atoms with Crippen LogP contribution in [0.2, 0.25) is 0 Å². The number of hydrogen-bond donors (Lipinski definition) is 1. The van der Waals surface area contributed by atoms with E-state index in [1.165, 1.54) is 6.20 Å². The summed E-state index contributed by atoms with van der Waals surface area (Å²) in [6.45, 7) is 3.08. The summed E-state index contributed by atoms with van der Waals surface area (Å²) in [5.41, 5.74) is 2.42. The number of hydrogen-bond acceptors (Lipinski definition) is 4. The molecule has 0 aliphatic carbocycles. The van der Waals surface area contributed by atoms with Crippen LogP contribution in [0.25, 0.3) is 0 Å². The van der Waals surface area contributed by atoms with Crippen LogP contribution in [0.3, 0.4) is 0 Å². The van der Waals surface area contributed by atoms with Gasteiger partial charge in [0.15, 0.2) is 0 Å². The molecular weight excluding hydrogens is 354 g/mol. The monoisotopic (exact) mass is 376 g/mol. The number of carbonyl (C=O) groups is 2. The Bertz CT molecular complexity index is 810. The first-order chi connectivity index (χ1) is 12.9. The Labute approximate surface area is 156 Å². The molecule has 0 atom stereocenters. The van der Waals surface area contributed by atoms with E-state index in [-0.39, 0.29) is 24.7 Å². The van der Waals surface area contributed by atoms with E-state index >= 15 is 0 Å². The summed E-state index contributed by atoms with van der Waals surface area (Å²) in [7, 11) is 0. The molecule has 5 nitrogen and oxygen atoms in total. The Kier molecular flexibility index (Phi) is 7.40. The van der Waals surface area contributed by atoms with Crippen molar-refractivity contribution in [2.45, 2.75) is 39.7 Å². The Morgan fingerprint density at radius 1 is 1.26 bits per heavy atom. The van der Waals surface area contributed by atoms with E-state index in [1.807, 2.05) is 0 Å². The number of alkyl halides is 2. The summed E-state index contributed by atoms with van der Waals surface area (Å²) in [6, 6.07) is 8.27. The quantitative estimate of drug-likeness (QED) is 0.727. The number of ketones is 1. The van der Waals surface area contributed by atoms with Gasteiger partial charge in [0, 0.05) is 36.8 Å². The Hall–Kier alpha value is -2.83. The van der Waals surface area contributed by atoms with Gasteiger partial charge in [-0.2, -0.15) is 0 Å². The van der Waals surface area contributed by atoms with Crippen LogP contribution >= 0.6 is 0 Å². The number of Topliss-reactive ketones (excluding diaryl/α,β-unsaturated/α-hetero) is 1. The zero-order valence-electron chi connectivity index (χ0n) is 15.3. The third kappa shape index (κ3) is 6.13. The summed E-state index contributed by atoms with van der Waals surface area (Å²) in [5.74, 6) is 0.114. The second kappa shape index (κ2) is 9.75. The third-order valence-electron chi connectivity index (χ3n) is 4.05. The molecule has 1 aromatic carbocycles. The van der Waals surface area contributed by atoms with Gasteiger partial charge in [0.25, 0.3) is 12.3 Å². The van der Waals surface area contributed by atoms with E-state index in [0.29, 0.717) is 29.0 Å². The first-order valence-corrected chi connectivity index (χ1v) is 8.65. The van der Waals surface area contributed by atoms with Crippen LogP contribution in [0.15, 0.2) is 36.5 Å². The fourth-order valence-corrected chi connectivity index (χ4v) is 2.48. The lowest BCUT2D eigenvalue weighted by Crippen LogP contribution is -2.23. The van der Waals surface area contributed by atoms with Crippen LogP contribution in [0.1, 0.15) is 40.5 Å². The van der Waals surface area contributed by atoms with Crippen molar-refractivity contribution < 1.29 is 23.1 Å². The van der Waals surface area contributed by atoms with E-state index in [4.69, 9.17) is 4.74 Å². The van der Waals surface area contributed by atoms with Gasteiger partial charge in [-0.3, -0.25) is 14.6 Å². The topological polar surface area (TPSA) is 68.3 Å². The molecule has 0 saturated heterocycles. The van der Waals surface area contributed by atoms with Gasteiger partial charge in [-0.05, 0) is 36.2 Å². The third-order valence-corrected chi connectivity index (χ3v) is 4.05. The Balaban J connectivity index is 2.02. The van der Waals surface area contributed by atoms with Crippen LogP contribution in [-0.4, -0.2) is 29.7 Å². The molecular formula is C20H22F2N2O3. The average molecular weight is 376 g/mol. The minimum absolute atomic E-state index is 0.0521. The molecule has 1 aromatic heterocycles. The maximum atomic E-state index is 12.4. The number of benzene rings is 1. The summed E-state index contributed by atoms with van der Waals surface area (Å²) < 4.78 is 29.7. The maximum absolute atomic E-state index is 12.4. The highest BCUT2D eigenvalue weighted by molar-refractivity contribution is 5.94. The molecule has 1 heterocycles. The molecule has 0 fully saturated rings. The molecule has 1 amide bonds. The second-order valence-electron chi connectivity index (χ2n) is 6.03. The molecule has 2 rings (SSSR count). The SMILES string of the molecule is CCC(=O)Cc1cc(C(=O)NCc2cccc(OCC(F)F)c2C)ccn1. The van der Waals surface area contributed by atoms with Gasteiger partial charge in [0.1, 0.15) is 18.1 Å². The molecule has 1 N–H and O–H groups in total. The van der Waals surface area contributed by atoms with Gasteiger partial charge >= 0.3 is 0 Å². The normalized spacial score (nSPS) is 10.7. The summed E-state index contributed by atoms with van der Waals surface area (Å²) in [6.07, 6.45) is -0.438. The van der Waals surface area contributed by atoms with E-state index in [9.17, 15) is 18.4 Å². The van der Waals surface area contributed by atoms with Crippen LogP contribution < -0.4 is 10.1 Å². The number of nitrogens with zero attached hydrogens (tertiary/aromatic N) is 1. The van der Waals surface area contributed by atoms with Crippen LogP contribution in [-0.2, 0) is 17.8 Å². The molecule has 0 spiro atoms. The highest BCUT2D eigenvalue weighted by Gasteiger charge is 2.12. The maximum Gasteiger partial charge on any atom is 0.272 e. The fraction of sp³-hybridized carbons (Fsp3) is 0.350. The smallest absolute Gasteiger partial charge is 0.272 e. The molecule has 7 heteroatoms. The predicted molar refractivity (Wildman–Crippen MR) is 97.1 cm³/mol. The minimum Gasteiger partial charge on any atom is -0.487 e. The second-order valence-corrected chi connectivity index (χ2v) is 6.03. The number of halogens is 2. The number of amides is 1. The van der Waals surface area contributed by atoms with E-state index < -0.39 is 13.0 Å². The molecule has 27 heavy (non-hydrogen) atoms. The summed E-state index contributed by atoms with van der Waals surface area (Å²) in [4.78, 5) is 28.0. The van der Waals surface area contributed by atoms with Crippen molar-refractivity contribution >= 4 is 11.7 Å². The number of ether oxygens (including phenoxy) is 1. The van der Waals surface area contributed by atoms with Crippen LogP contribution in [0.4, 0.5) is 8.78 Å². The van der Waals surface area contributed by atoms with Crippen molar-refractivity contribution in [2.24, 2.45) is 0 Å². The van der Waals surface area contributed by atoms with Crippen molar-refractivity contribution in [1.82, 2.24) is 10.3 Å². The van der Waals surface area contributed by atoms with Gasteiger partial charge in [-0.1, -0.05) is 19.1 Å². The number of rotatable bonds is 9. The molecule has 0 radical (unpaired) electrons. The van der Waals surface area contributed by atoms with Crippen molar-refractivity contribution in [3.05, 3.63) is 58.9 Å². The zero-order chi connectivity index (χ0) is 19.8. The summed E-state index contributed by atoms with van der Waals surface area (Å²) >= 11 is 0. The molecule has 2 aromatic rings. The van der Waals surface area contributed by atoms with Gasteiger partial charge in [0.2, 0.25) is 0 Å². The first kappa shape index (κ1) is 20.5. The highest BCUT2D eigenvalue weighted by Crippen LogP contribution is 2.22. The lowest BCUT2D eigenvalue weighted by molar-refractivity contribution is -0.118. The number of nitrogens with one attached hydrogen (secondary N) is 1. The van der Waals surface area contributed by atoms with Crippen molar-refractivity contribution in [1.29, 1.82) is 0 Å². The molecule has 0 aliphatic heterocycles. The molecule has 144 valence electrons. The number of carbonyl (C=O) groups excluding carboxylic acids is 2. The molecule has 0 bridgehead atoms. The van der Waals surface area contributed by atoms with Crippen molar-refractivity contribution in [3.8, 4) is 5.75 Å². The van der Waals surface area contributed by atoms with Crippen molar-refractivity contribution in [2.75, 3.05) is 6.61 Å². The highest BCUT2D eigenvalue weighted by atomic mass is 19.3. The van der Waals surface area contributed by atoms with Crippen molar-refractivity contribution in [3.63, 3.8) is 0 Å². The largest absolute Gasteiger partial charge is 0.487 e. The average Bonchev–Trinajstić information content (AvgIpc) is 2.66. The Morgan fingerprint density at radius 2 is 2.04 bits per heavy atom. The Morgan fingerprint density at radius 3 is 2.74 bits per heavy atom. The predicted octanol–water partition coefficient (Wildman–Crippen LogP) is 3.49.